The molecule has 0 aliphatic carbocycles. The largest absolute Gasteiger partial charge is 0.467 e. The molecule has 0 heterocycles. The third-order valence-electron chi connectivity index (χ3n) is 3.71. The second-order valence-corrected chi connectivity index (χ2v) is 6.85. The van der Waals surface area contributed by atoms with Crippen LogP contribution in [0.25, 0.3) is 0 Å². The maximum atomic E-state index is 11.0. The number of allylic oxidation sites excluding steroid dienone is 2. The second kappa shape index (κ2) is 27.6. The highest BCUT2D eigenvalue weighted by Crippen LogP contribution is 1.98. The topological polar surface area (TPSA) is 166 Å². The number of methoxy groups -OCH3 is 3. The number of carbonyl (C=O) groups is 6. The zero-order chi connectivity index (χ0) is 28.7. The summed E-state index contributed by atoms with van der Waals surface area (Å²) in [6.45, 7) is 12.8. The van der Waals surface area contributed by atoms with Gasteiger partial charge in [-0.1, -0.05) is 46.9 Å². The summed E-state index contributed by atoms with van der Waals surface area (Å²) in [5, 5.41) is 7.27. The lowest BCUT2D eigenvalue weighted by Gasteiger charge is -2.13. The average Bonchev–Trinajstić information content (AvgIpc) is 2.81. The van der Waals surface area contributed by atoms with Crippen LogP contribution in [0, 0.1) is 0 Å². The minimum atomic E-state index is -0.606. The predicted molar refractivity (Wildman–Crippen MR) is 147 cm³/mol. The number of rotatable bonds is 11. The molecule has 0 bridgehead atoms. The van der Waals surface area contributed by atoms with E-state index in [1.807, 2.05) is 6.92 Å². The number of hydrogen-bond donors (Lipinski definition) is 3. The molecule has 0 unspecified atom stereocenters. The molecule has 0 radical (unpaired) electrons. The SMILES string of the molecule is C.C.C=C/C=C(\NC(C)=O)C(=O)OC.C=CC[C@H](NC(C)=O)C(=O)OC.CCC[C@H](NC(C)=O)C(=O)OC. The second-order valence-electron chi connectivity index (χ2n) is 6.85. The van der Waals surface area contributed by atoms with E-state index < -0.39 is 24.0 Å². The summed E-state index contributed by atoms with van der Waals surface area (Å²) in [6.07, 6.45) is 6.14. The van der Waals surface area contributed by atoms with E-state index in [9.17, 15) is 28.8 Å². The molecule has 38 heavy (non-hydrogen) atoms. The fourth-order valence-corrected chi connectivity index (χ4v) is 2.27. The van der Waals surface area contributed by atoms with Crippen molar-refractivity contribution in [2.24, 2.45) is 0 Å². The van der Waals surface area contributed by atoms with E-state index in [4.69, 9.17) is 0 Å². The summed E-state index contributed by atoms with van der Waals surface area (Å²) in [4.78, 5) is 64.6. The van der Waals surface area contributed by atoms with Crippen molar-refractivity contribution in [3.05, 3.63) is 37.1 Å². The number of hydrogen-bond acceptors (Lipinski definition) is 9. The first-order valence-corrected chi connectivity index (χ1v) is 10.8. The Bertz CT molecular complexity index is 793. The first-order chi connectivity index (χ1) is 16.8. The van der Waals surface area contributed by atoms with Gasteiger partial charge < -0.3 is 30.2 Å². The van der Waals surface area contributed by atoms with Crippen LogP contribution in [0.2, 0.25) is 0 Å². The van der Waals surface area contributed by atoms with E-state index in [-0.39, 0.29) is 44.2 Å². The van der Waals surface area contributed by atoms with Crippen LogP contribution in [0.15, 0.2) is 37.1 Å². The van der Waals surface area contributed by atoms with Gasteiger partial charge in [0.05, 0.1) is 21.3 Å². The minimum absolute atomic E-state index is 0. The fourth-order valence-electron chi connectivity index (χ4n) is 2.27. The van der Waals surface area contributed by atoms with Crippen molar-refractivity contribution in [1.29, 1.82) is 0 Å². The van der Waals surface area contributed by atoms with Gasteiger partial charge >= 0.3 is 17.9 Å². The van der Waals surface area contributed by atoms with Gasteiger partial charge in [-0.3, -0.25) is 14.4 Å². The third kappa shape index (κ3) is 25.1. The maximum Gasteiger partial charge on any atom is 0.354 e. The average molecular weight is 546 g/mol. The number of amides is 3. The highest BCUT2D eigenvalue weighted by molar-refractivity contribution is 5.93. The lowest BCUT2D eigenvalue weighted by molar-refractivity contribution is -0.145. The molecule has 0 aliphatic heterocycles. The molecule has 12 heteroatoms. The van der Waals surface area contributed by atoms with Gasteiger partial charge in [-0.2, -0.15) is 0 Å². The van der Waals surface area contributed by atoms with Crippen LogP contribution in [0.5, 0.6) is 0 Å². The summed E-state index contributed by atoms with van der Waals surface area (Å²) in [7, 11) is 3.83. The Morgan fingerprint density at radius 2 is 1.21 bits per heavy atom. The fraction of sp³-hybridized carbons (Fsp3) is 0.538. The van der Waals surface area contributed by atoms with Crippen LogP contribution >= 0.6 is 0 Å². The molecule has 220 valence electrons. The van der Waals surface area contributed by atoms with Crippen LogP contribution in [0.1, 0.15) is 61.8 Å². The van der Waals surface area contributed by atoms with Crippen LogP contribution in [0.4, 0.5) is 0 Å². The van der Waals surface area contributed by atoms with Gasteiger partial charge in [-0.15, -0.1) is 6.58 Å². The molecule has 3 amide bonds. The van der Waals surface area contributed by atoms with Crippen LogP contribution < -0.4 is 16.0 Å². The van der Waals surface area contributed by atoms with Crippen molar-refractivity contribution in [3.63, 3.8) is 0 Å². The van der Waals surface area contributed by atoms with E-state index in [1.54, 1.807) is 6.08 Å². The summed E-state index contributed by atoms with van der Waals surface area (Å²) in [6, 6.07) is -1.09. The molecule has 0 rings (SSSR count). The minimum Gasteiger partial charge on any atom is -0.467 e. The Kier molecular flexibility index (Phi) is 32.0. The summed E-state index contributed by atoms with van der Waals surface area (Å²) < 4.78 is 13.4. The Hall–Kier alpha value is -3.96. The zero-order valence-corrected chi connectivity index (χ0v) is 22.1. The number of nitrogens with one attached hydrogen (secondary N) is 3. The Morgan fingerprint density at radius 3 is 1.53 bits per heavy atom. The number of carbonyl (C=O) groups excluding carboxylic acids is 6. The van der Waals surface area contributed by atoms with Gasteiger partial charge in [0.25, 0.3) is 0 Å². The normalized spacial score (nSPS) is 10.7. The summed E-state index contributed by atoms with van der Waals surface area (Å²) >= 11 is 0. The Balaban J connectivity index is -0.000000140. The van der Waals surface area contributed by atoms with Gasteiger partial charge in [0, 0.05) is 20.8 Å². The van der Waals surface area contributed by atoms with E-state index >= 15 is 0 Å². The van der Waals surface area contributed by atoms with Gasteiger partial charge in [-0.25, -0.2) is 14.4 Å². The molecule has 0 fully saturated rings. The number of esters is 3. The molecule has 0 aromatic rings. The lowest BCUT2D eigenvalue weighted by Crippen LogP contribution is -2.40. The molecule has 3 N–H and O–H groups in total. The predicted octanol–water partition coefficient (Wildman–Crippen LogP) is 2.34. The van der Waals surface area contributed by atoms with Gasteiger partial charge in [0.2, 0.25) is 17.7 Å². The first-order valence-electron chi connectivity index (χ1n) is 10.8. The van der Waals surface area contributed by atoms with E-state index in [0.717, 1.165) is 6.42 Å². The molecular weight excluding hydrogens is 498 g/mol. The van der Waals surface area contributed by atoms with E-state index in [1.165, 1.54) is 54.3 Å². The number of ether oxygens (including phenoxy) is 3. The molecule has 0 aliphatic rings. The zero-order valence-electron chi connectivity index (χ0n) is 22.1. The Morgan fingerprint density at radius 1 is 0.763 bits per heavy atom. The molecule has 0 aromatic carbocycles. The van der Waals surface area contributed by atoms with Crippen LogP contribution in [-0.4, -0.2) is 69.0 Å². The van der Waals surface area contributed by atoms with Gasteiger partial charge in [-0.05, 0) is 18.9 Å². The first kappa shape index (κ1) is 44.1. The summed E-state index contributed by atoms with van der Waals surface area (Å²) in [5.41, 5.74) is 0.0833. The highest BCUT2D eigenvalue weighted by atomic mass is 16.5. The quantitative estimate of drug-likeness (QED) is 0.116. The van der Waals surface area contributed by atoms with Crippen molar-refractivity contribution in [2.45, 2.75) is 73.9 Å². The van der Waals surface area contributed by atoms with Crippen LogP contribution in [0.3, 0.4) is 0 Å². The maximum absolute atomic E-state index is 11.0. The molecule has 0 saturated heterocycles. The van der Waals surface area contributed by atoms with E-state index in [0.29, 0.717) is 12.8 Å². The smallest absolute Gasteiger partial charge is 0.354 e. The molecular formula is C26H47N3O9. The molecule has 12 nitrogen and oxygen atoms in total. The molecule has 0 spiro atoms. The third-order valence-corrected chi connectivity index (χ3v) is 3.71. The van der Waals surface area contributed by atoms with Crippen molar-refractivity contribution >= 4 is 35.6 Å². The summed E-state index contributed by atoms with van der Waals surface area (Å²) in [5.74, 6) is -2.22. The van der Waals surface area contributed by atoms with E-state index in [2.05, 4.69) is 43.3 Å². The van der Waals surface area contributed by atoms with Crippen molar-refractivity contribution in [1.82, 2.24) is 16.0 Å². The van der Waals surface area contributed by atoms with Crippen molar-refractivity contribution in [2.75, 3.05) is 21.3 Å². The molecule has 0 aromatic heterocycles. The van der Waals surface area contributed by atoms with Gasteiger partial charge in [0.15, 0.2) is 0 Å². The van der Waals surface area contributed by atoms with Crippen molar-refractivity contribution < 1.29 is 43.0 Å². The monoisotopic (exact) mass is 545 g/mol. The standard InChI is InChI=1S/C8H15NO3.C8H13NO3.C8H11NO3.2CH4/c3*1-4-5-7(8(11)12-3)9-6(2)10;;/h7H,4-5H2,1-3H3,(H,9,10);4,7H,1,5H2,2-3H3,(H,9,10);4-5H,1H2,2-3H3,(H,9,10);2*1H4/b;;7-5-;;/t2*7-;;;/m00.../s1. The van der Waals surface area contributed by atoms with Crippen molar-refractivity contribution in [3.8, 4) is 0 Å². The molecule has 2 atom stereocenters. The highest BCUT2D eigenvalue weighted by Gasteiger charge is 2.18. The lowest BCUT2D eigenvalue weighted by atomic mass is 10.2. The molecule has 0 saturated carbocycles. The van der Waals surface area contributed by atoms with Crippen LogP contribution in [-0.2, 0) is 43.0 Å². The van der Waals surface area contributed by atoms with Gasteiger partial charge in [0.1, 0.15) is 17.8 Å². The Labute approximate surface area is 227 Å².